The fraction of sp³-hybridized carbons (Fsp3) is 0.100. The van der Waals surface area contributed by atoms with Crippen LogP contribution in [0, 0.1) is 6.92 Å². The third-order valence-electron chi connectivity index (χ3n) is 4.04. The molecule has 0 spiro atoms. The Labute approximate surface area is 150 Å². The summed E-state index contributed by atoms with van der Waals surface area (Å²) >= 11 is 1.62. The first-order chi connectivity index (χ1) is 12.2. The number of thiazole rings is 1. The van der Waals surface area contributed by atoms with Crippen LogP contribution in [0.15, 0.2) is 54.0 Å². The molecule has 0 bridgehead atoms. The predicted octanol–water partition coefficient (Wildman–Crippen LogP) is 4.95. The van der Waals surface area contributed by atoms with E-state index < -0.39 is 0 Å². The fourth-order valence-electron chi connectivity index (χ4n) is 2.75. The molecule has 4 aromatic rings. The zero-order valence-corrected chi connectivity index (χ0v) is 14.8. The summed E-state index contributed by atoms with van der Waals surface area (Å²) in [5, 5.41) is 3.03. The molecule has 0 atom stereocenters. The van der Waals surface area contributed by atoms with Gasteiger partial charge in [-0.1, -0.05) is 6.07 Å². The third-order valence-corrected chi connectivity index (χ3v) is 4.85. The van der Waals surface area contributed by atoms with Crippen LogP contribution in [-0.2, 0) is 0 Å². The quantitative estimate of drug-likeness (QED) is 0.524. The van der Waals surface area contributed by atoms with Gasteiger partial charge >= 0.3 is 0 Å². The van der Waals surface area contributed by atoms with E-state index in [4.69, 9.17) is 9.72 Å². The van der Waals surface area contributed by atoms with Gasteiger partial charge in [0.2, 0.25) is 0 Å². The topological polar surface area (TPSA) is 39.4 Å². The molecule has 1 aromatic carbocycles. The molecular formula is C20H17N3OS. The number of nitrogens with zero attached hydrogens (tertiary/aromatic N) is 3. The lowest BCUT2D eigenvalue weighted by atomic mass is 10.2. The lowest BCUT2D eigenvalue weighted by Crippen LogP contribution is -1.84. The van der Waals surface area contributed by atoms with Crippen LogP contribution in [-0.4, -0.2) is 21.5 Å². The average Bonchev–Trinajstić information content (AvgIpc) is 3.25. The molecule has 0 N–H and O–H groups in total. The molecule has 0 saturated heterocycles. The molecule has 0 fully saturated rings. The van der Waals surface area contributed by atoms with Gasteiger partial charge in [-0.2, -0.15) is 0 Å². The molecule has 0 amide bonds. The summed E-state index contributed by atoms with van der Waals surface area (Å²) in [4.78, 5) is 9.32. The van der Waals surface area contributed by atoms with Crippen molar-refractivity contribution in [1.29, 1.82) is 0 Å². The molecule has 0 aliphatic carbocycles. The van der Waals surface area contributed by atoms with Crippen molar-refractivity contribution in [2.45, 2.75) is 6.92 Å². The Balaban J connectivity index is 1.60. The number of ether oxygens (including phenoxy) is 1. The Hall–Kier alpha value is -2.92. The first-order valence-corrected chi connectivity index (χ1v) is 8.84. The highest BCUT2D eigenvalue weighted by Gasteiger charge is 2.06. The Morgan fingerprint density at radius 2 is 1.88 bits per heavy atom. The predicted molar refractivity (Wildman–Crippen MR) is 103 cm³/mol. The Morgan fingerprint density at radius 1 is 1.04 bits per heavy atom. The maximum absolute atomic E-state index is 5.20. The third kappa shape index (κ3) is 3.06. The second-order valence-corrected chi connectivity index (χ2v) is 6.52. The summed E-state index contributed by atoms with van der Waals surface area (Å²) in [6.45, 7) is 2.01. The van der Waals surface area contributed by atoms with Crippen LogP contribution >= 0.6 is 11.3 Å². The molecule has 3 aromatic heterocycles. The first kappa shape index (κ1) is 15.6. The lowest BCUT2D eigenvalue weighted by Gasteiger charge is -2.00. The van der Waals surface area contributed by atoms with E-state index in [2.05, 4.69) is 20.8 Å². The van der Waals surface area contributed by atoms with Crippen LogP contribution in [0.3, 0.4) is 0 Å². The summed E-state index contributed by atoms with van der Waals surface area (Å²) in [5.74, 6) is 1.83. The molecular weight excluding hydrogens is 330 g/mol. The van der Waals surface area contributed by atoms with Crippen molar-refractivity contribution >= 4 is 29.0 Å². The maximum atomic E-state index is 5.20. The van der Waals surface area contributed by atoms with Gasteiger partial charge in [0.1, 0.15) is 16.6 Å². The SMILES string of the molecule is COc1ccc(-c2csc(/C=C/c3nc(C)n4ccccc34)n2)cc1. The van der Waals surface area contributed by atoms with Gasteiger partial charge in [-0.15, -0.1) is 11.3 Å². The Morgan fingerprint density at radius 3 is 2.68 bits per heavy atom. The van der Waals surface area contributed by atoms with Gasteiger partial charge in [0.15, 0.2) is 0 Å². The molecule has 0 aliphatic rings. The number of hydrogen-bond acceptors (Lipinski definition) is 4. The van der Waals surface area contributed by atoms with Gasteiger partial charge in [-0.25, -0.2) is 9.97 Å². The molecule has 4 nitrogen and oxygen atoms in total. The number of fused-ring (bicyclic) bond motifs is 1. The second-order valence-electron chi connectivity index (χ2n) is 5.63. The van der Waals surface area contributed by atoms with Crippen LogP contribution < -0.4 is 4.74 Å². The zero-order valence-electron chi connectivity index (χ0n) is 14.0. The minimum Gasteiger partial charge on any atom is -0.497 e. The van der Waals surface area contributed by atoms with Crippen molar-refractivity contribution in [2.24, 2.45) is 0 Å². The normalized spacial score (nSPS) is 11.4. The summed E-state index contributed by atoms with van der Waals surface area (Å²) in [6, 6.07) is 14.1. The smallest absolute Gasteiger partial charge is 0.118 e. The summed E-state index contributed by atoms with van der Waals surface area (Å²) in [7, 11) is 1.67. The standard InChI is InChI=1S/C20H17N3OS/c1-14-21-17(19-5-3-4-12-23(14)19)10-11-20-22-18(13-25-20)15-6-8-16(24-2)9-7-15/h3-13H,1-2H3/b11-10+. The number of aryl methyl sites for hydroxylation is 1. The number of benzene rings is 1. The van der Waals surface area contributed by atoms with E-state index >= 15 is 0 Å². The summed E-state index contributed by atoms with van der Waals surface area (Å²) < 4.78 is 7.28. The molecule has 124 valence electrons. The molecule has 25 heavy (non-hydrogen) atoms. The van der Waals surface area contributed by atoms with E-state index in [0.717, 1.165) is 39.0 Å². The Bertz CT molecular complexity index is 1040. The van der Waals surface area contributed by atoms with Gasteiger partial charge in [0.25, 0.3) is 0 Å². The number of aromatic nitrogens is 3. The van der Waals surface area contributed by atoms with Crippen LogP contribution in [0.1, 0.15) is 16.5 Å². The zero-order chi connectivity index (χ0) is 17.2. The van der Waals surface area contributed by atoms with E-state index in [1.54, 1.807) is 18.4 Å². The van der Waals surface area contributed by atoms with Gasteiger partial charge in [-0.05, 0) is 55.5 Å². The minimum absolute atomic E-state index is 0.848. The summed E-state index contributed by atoms with van der Waals surface area (Å²) in [6.07, 6.45) is 6.08. The van der Waals surface area contributed by atoms with E-state index in [-0.39, 0.29) is 0 Å². The minimum atomic E-state index is 0.848. The number of methoxy groups -OCH3 is 1. The molecule has 0 aliphatic heterocycles. The fourth-order valence-corrected chi connectivity index (χ4v) is 3.47. The monoisotopic (exact) mass is 347 g/mol. The van der Waals surface area contributed by atoms with Crippen LogP contribution in [0.4, 0.5) is 0 Å². The second kappa shape index (κ2) is 6.53. The van der Waals surface area contributed by atoms with Crippen molar-refractivity contribution in [2.75, 3.05) is 7.11 Å². The number of pyridine rings is 1. The highest BCUT2D eigenvalue weighted by Crippen LogP contribution is 2.25. The van der Waals surface area contributed by atoms with Gasteiger partial charge in [0, 0.05) is 17.1 Å². The molecule has 4 rings (SSSR count). The Kier molecular flexibility index (Phi) is 4.07. The first-order valence-electron chi connectivity index (χ1n) is 7.96. The van der Waals surface area contributed by atoms with Crippen molar-refractivity contribution in [3.63, 3.8) is 0 Å². The summed E-state index contributed by atoms with van der Waals surface area (Å²) in [5.41, 5.74) is 4.11. The molecule has 0 saturated carbocycles. The maximum Gasteiger partial charge on any atom is 0.118 e. The van der Waals surface area contributed by atoms with Gasteiger partial charge < -0.3 is 9.14 Å². The number of hydrogen-bond donors (Lipinski definition) is 0. The van der Waals surface area contributed by atoms with Gasteiger partial charge in [-0.3, -0.25) is 0 Å². The van der Waals surface area contributed by atoms with E-state index in [9.17, 15) is 0 Å². The van der Waals surface area contributed by atoms with Crippen LogP contribution in [0.2, 0.25) is 0 Å². The number of imidazole rings is 1. The van der Waals surface area contributed by atoms with E-state index in [1.807, 2.05) is 61.7 Å². The number of rotatable bonds is 4. The van der Waals surface area contributed by atoms with E-state index in [1.165, 1.54) is 0 Å². The average molecular weight is 347 g/mol. The van der Waals surface area contributed by atoms with Crippen LogP contribution in [0.5, 0.6) is 5.75 Å². The largest absolute Gasteiger partial charge is 0.497 e. The van der Waals surface area contributed by atoms with Crippen molar-refractivity contribution in [1.82, 2.24) is 14.4 Å². The van der Waals surface area contributed by atoms with Crippen molar-refractivity contribution in [3.8, 4) is 17.0 Å². The highest BCUT2D eigenvalue weighted by molar-refractivity contribution is 7.10. The van der Waals surface area contributed by atoms with Crippen LogP contribution in [0.25, 0.3) is 28.9 Å². The lowest BCUT2D eigenvalue weighted by molar-refractivity contribution is 0.415. The highest BCUT2D eigenvalue weighted by atomic mass is 32.1. The molecule has 3 heterocycles. The van der Waals surface area contributed by atoms with Gasteiger partial charge in [0.05, 0.1) is 24.0 Å². The molecule has 0 unspecified atom stereocenters. The van der Waals surface area contributed by atoms with E-state index in [0.29, 0.717) is 0 Å². The molecule has 5 heteroatoms. The molecule has 0 radical (unpaired) electrons. The van der Waals surface area contributed by atoms with Crippen molar-refractivity contribution in [3.05, 3.63) is 70.6 Å². The van der Waals surface area contributed by atoms with Crippen molar-refractivity contribution < 1.29 is 4.74 Å².